The summed E-state index contributed by atoms with van der Waals surface area (Å²) in [4.78, 5) is 36.2. The Morgan fingerprint density at radius 2 is 2.10 bits per heavy atom. The van der Waals surface area contributed by atoms with Crippen LogP contribution < -0.4 is 17.0 Å². The van der Waals surface area contributed by atoms with Crippen LogP contribution in [0.4, 0.5) is 0 Å². The summed E-state index contributed by atoms with van der Waals surface area (Å²) >= 11 is 0. The molecule has 1 aliphatic rings. The number of rotatable bonds is 4. The number of hydrogen-bond donors (Lipinski definition) is 5. The van der Waals surface area contributed by atoms with Crippen molar-refractivity contribution in [1.82, 2.24) is 9.55 Å². The highest BCUT2D eigenvalue weighted by molar-refractivity contribution is 5.91. The summed E-state index contributed by atoms with van der Waals surface area (Å²) in [5.41, 5.74) is 1.16. The molecule has 1 saturated heterocycles. The van der Waals surface area contributed by atoms with Gasteiger partial charge in [-0.15, -0.1) is 0 Å². The predicted molar refractivity (Wildman–Crippen MR) is 67.5 cm³/mol. The molecule has 0 saturated carbocycles. The lowest BCUT2D eigenvalue weighted by molar-refractivity contribution is -0.150. The number of aliphatic hydroxyl groups is 3. The van der Waals surface area contributed by atoms with Crippen LogP contribution in [-0.4, -0.2) is 55.7 Å². The van der Waals surface area contributed by atoms with Crippen LogP contribution in [-0.2, 0) is 4.74 Å². The van der Waals surface area contributed by atoms with Crippen molar-refractivity contribution < 1.29 is 24.9 Å². The Morgan fingerprint density at radius 3 is 2.57 bits per heavy atom. The van der Waals surface area contributed by atoms with E-state index in [1.807, 2.05) is 4.98 Å². The first-order valence-electron chi connectivity index (χ1n) is 6.07. The molecule has 1 amide bonds. The van der Waals surface area contributed by atoms with Gasteiger partial charge in [-0.3, -0.25) is 19.1 Å². The zero-order chi connectivity index (χ0) is 15.8. The van der Waals surface area contributed by atoms with E-state index in [-0.39, 0.29) is 6.42 Å². The van der Waals surface area contributed by atoms with Crippen molar-refractivity contribution in [2.75, 3.05) is 13.2 Å². The number of hydrogen-bond acceptors (Lipinski definition) is 7. The fourth-order valence-corrected chi connectivity index (χ4v) is 2.18. The highest BCUT2D eigenvalue weighted by Gasteiger charge is 2.48. The van der Waals surface area contributed by atoms with E-state index in [0.717, 1.165) is 10.8 Å². The molecule has 0 unspecified atom stereocenters. The van der Waals surface area contributed by atoms with Crippen molar-refractivity contribution >= 4 is 5.91 Å². The normalized spacial score (nSPS) is 24.1. The minimum absolute atomic E-state index is 0.120. The van der Waals surface area contributed by atoms with E-state index in [9.17, 15) is 29.7 Å². The third kappa shape index (κ3) is 2.49. The Balaban J connectivity index is 2.45. The third-order valence-corrected chi connectivity index (χ3v) is 3.48. The van der Waals surface area contributed by atoms with Crippen LogP contribution in [0.25, 0.3) is 0 Å². The second-order valence-electron chi connectivity index (χ2n) is 4.78. The van der Waals surface area contributed by atoms with Gasteiger partial charge in [-0.25, -0.2) is 4.79 Å². The summed E-state index contributed by atoms with van der Waals surface area (Å²) in [6, 6.07) is 0. The lowest BCUT2D eigenvalue weighted by Crippen LogP contribution is -2.46. The first kappa shape index (κ1) is 15.4. The molecule has 1 aromatic rings. The number of carbonyl (C=O) groups is 1. The second-order valence-corrected chi connectivity index (χ2v) is 4.78. The predicted octanol–water partition coefficient (Wildman–Crippen LogP) is -3.36. The molecule has 2 heterocycles. The molecule has 0 spiro atoms. The van der Waals surface area contributed by atoms with Crippen LogP contribution in [0.3, 0.4) is 0 Å². The number of H-pyrrole nitrogens is 1. The zero-order valence-corrected chi connectivity index (χ0v) is 10.9. The average Bonchev–Trinajstić information content (AvgIpc) is 2.75. The molecule has 0 bridgehead atoms. The highest BCUT2D eigenvalue weighted by Crippen LogP contribution is 2.35. The summed E-state index contributed by atoms with van der Waals surface area (Å²) in [7, 11) is 0. The Hall–Kier alpha value is -2.01. The lowest BCUT2D eigenvalue weighted by Gasteiger charge is -2.27. The average molecular weight is 301 g/mol. The number of nitrogens with one attached hydrogen (secondary N) is 1. The van der Waals surface area contributed by atoms with Gasteiger partial charge >= 0.3 is 5.69 Å². The van der Waals surface area contributed by atoms with Gasteiger partial charge in [0.25, 0.3) is 11.5 Å². The van der Waals surface area contributed by atoms with Gasteiger partial charge in [-0.1, -0.05) is 0 Å². The standard InChI is InChI=1S/C11H15N3O7/c12-8(18)5-2-14(10(20)13-9(5)19)7-1-6(17)11(3-15,4-16)21-7/h2,6-7,15-17H,1,3-4H2,(H2,12,18)(H,13,19,20)/t6-,7+/m0/s1. The number of primary amides is 1. The molecule has 10 heteroatoms. The number of nitrogens with two attached hydrogens (primary N) is 1. The van der Waals surface area contributed by atoms with Crippen LogP contribution in [0.5, 0.6) is 0 Å². The molecule has 1 fully saturated rings. The number of carbonyl (C=O) groups excluding carboxylic acids is 1. The maximum Gasteiger partial charge on any atom is 0.330 e. The molecule has 2 atom stereocenters. The van der Waals surface area contributed by atoms with Crippen molar-refractivity contribution in [3.63, 3.8) is 0 Å². The van der Waals surface area contributed by atoms with E-state index >= 15 is 0 Å². The third-order valence-electron chi connectivity index (χ3n) is 3.48. The molecule has 0 aliphatic carbocycles. The van der Waals surface area contributed by atoms with Crippen LogP contribution >= 0.6 is 0 Å². The Labute approximate surface area is 117 Å². The van der Waals surface area contributed by atoms with Crippen molar-refractivity contribution in [1.29, 1.82) is 0 Å². The van der Waals surface area contributed by atoms with E-state index in [2.05, 4.69) is 0 Å². The Kier molecular flexibility index (Phi) is 3.96. The summed E-state index contributed by atoms with van der Waals surface area (Å²) in [5, 5.41) is 28.4. The molecular weight excluding hydrogens is 286 g/mol. The van der Waals surface area contributed by atoms with E-state index in [1.165, 1.54) is 0 Å². The van der Waals surface area contributed by atoms with Crippen LogP contribution in [0.1, 0.15) is 23.0 Å². The van der Waals surface area contributed by atoms with Gasteiger partial charge < -0.3 is 25.8 Å². The fraction of sp³-hybridized carbons (Fsp3) is 0.545. The molecule has 0 radical (unpaired) electrons. The summed E-state index contributed by atoms with van der Waals surface area (Å²) in [5.74, 6) is -1.03. The first-order chi connectivity index (χ1) is 9.84. The van der Waals surface area contributed by atoms with Gasteiger partial charge in [0.05, 0.1) is 19.3 Å². The van der Waals surface area contributed by atoms with Gasteiger partial charge in [-0.2, -0.15) is 0 Å². The molecular formula is C11H15N3O7. The number of amides is 1. The van der Waals surface area contributed by atoms with Crippen molar-refractivity contribution in [3.05, 3.63) is 32.6 Å². The van der Waals surface area contributed by atoms with Gasteiger partial charge in [0.15, 0.2) is 0 Å². The Morgan fingerprint density at radius 1 is 1.48 bits per heavy atom. The van der Waals surface area contributed by atoms with Crippen molar-refractivity contribution in [2.45, 2.75) is 24.4 Å². The number of aromatic amines is 1. The number of ether oxygens (including phenoxy) is 1. The van der Waals surface area contributed by atoms with Crippen molar-refractivity contribution in [2.24, 2.45) is 5.73 Å². The monoisotopic (exact) mass is 301 g/mol. The first-order valence-corrected chi connectivity index (χ1v) is 6.07. The molecule has 1 aromatic heterocycles. The zero-order valence-electron chi connectivity index (χ0n) is 10.9. The highest BCUT2D eigenvalue weighted by atomic mass is 16.6. The smallest absolute Gasteiger partial charge is 0.330 e. The molecule has 1 aliphatic heterocycles. The molecule has 6 N–H and O–H groups in total. The van der Waals surface area contributed by atoms with E-state index in [0.29, 0.717) is 0 Å². The van der Waals surface area contributed by atoms with Crippen molar-refractivity contribution in [3.8, 4) is 0 Å². The second kappa shape index (κ2) is 5.41. The van der Waals surface area contributed by atoms with Gasteiger partial charge in [0.2, 0.25) is 0 Å². The van der Waals surface area contributed by atoms with E-state index in [4.69, 9.17) is 10.5 Å². The summed E-state index contributed by atoms with van der Waals surface area (Å²) < 4.78 is 6.21. The molecule has 21 heavy (non-hydrogen) atoms. The maximum atomic E-state index is 11.8. The number of nitrogens with zero attached hydrogens (tertiary/aromatic N) is 1. The quantitative estimate of drug-likeness (QED) is 0.387. The minimum Gasteiger partial charge on any atom is -0.393 e. The number of aromatic nitrogens is 2. The van der Waals surface area contributed by atoms with Crippen LogP contribution in [0, 0.1) is 0 Å². The molecule has 10 nitrogen and oxygen atoms in total. The largest absolute Gasteiger partial charge is 0.393 e. The van der Waals surface area contributed by atoms with E-state index < -0.39 is 53.9 Å². The molecule has 2 rings (SSSR count). The summed E-state index contributed by atoms with van der Waals surface area (Å²) in [6.45, 7) is -1.33. The topological polar surface area (TPSA) is 168 Å². The molecule has 0 aromatic carbocycles. The SMILES string of the molecule is NC(=O)c1cn([C@H]2C[C@H](O)C(CO)(CO)O2)c(=O)[nH]c1=O. The number of aliphatic hydroxyl groups excluding tert-OH is 3. The van der Waals surface area contributed by atoms with Gasteiger partial charge in [0, 0.05) is 12.6 Å². The fourth-order valence-electron chi connectivity index (χ4n) is 2.18. The van der Waals surface area contributed by atoms with Crippen LogP contribution in [0.2, 0.25) is 0 Å². The summed E-state index contributed by atoms with van der Waals surface area (Å²) in [6.07, 6.45) is -1.49. The van der Waals surface area contributed by atoms with Gasteiger partial charge in [0.1, 0.15) is 17.4 Å². The van der Waals surface area contributed by atoms with Crippen LogP contribution in [0.15, 0.2) is 15.8 Å². The van der Waals surface area contributed by atoms with Gasteiger partial charge in [-0.05, 0) is 0 Å². The molecule has 116 valence electrons. The lowest BCUT2D eigenvalue weighted by atomic mass is 9.99. The van der Waals surface area contributed by atoms with E-state index in [1.54, 1.807) is 0 Å². The maximum absolute atomic E-state index is 11.8. The Bertz CT molecular complexity index is 661. The minimum atomic E-state index is -1.62.